The van der Waals surface area contributed by atoms with E-state index >= 15 is 0 Å². The Morgan fingerprint density at radius 1 is 0.304 bits per heavy atom. The summed E-state index contributed by atoms with van der Waals surface area (Å²) in [6.07, 6.45) is 0. The number of fused-ring (bicyclic) bond motifs is 7. The molecule has 0 N–H and O–H groups in total. The third kappa shape index (κ3) is 5.51. The number of rotatable bonds is 6. The lowest BCUT2D eigenvalue weighted by Crippen LogP contribution is -2.11. The van der Waals surface area contributed by atoms with Crippen molar-refractivity contribution in [2.75, 3.05) is 4.90 Å². The Morgan fingerprint density at radius 3 is 1.68 bits per heavy atom. The van der Waals surface area contributed by atoms with Gasteiger partial charge in [0.05, 0.1) is 5.69 Å². The summed E-state index contributed by atoms with van der Waals surface area (Å²) >= 11 is 0. The molecule has 2 nitrogen and oxygen atoms in total. The van der Waals surface area contributed by atoms with Gasteiger partial charge in [0.15, 0.2) is 0 Å². The van der Waals surface area contributed by atoms with Crippen LogP contribution < -0.4 is 4.90 Å². The van der Waals surface area contributed by atoms with Crippen LogP contribution in [0.5, 0.6) is 0 Å². The van der Waals surface area contributed by atoms with Crippen LogP contribution in [-0.2, 0) is 0 Å². The molecular weight excluding hydrogens is 679 g/mol. The summed E-state index contributed by atoms with van der Waals surface area (Å²) in [6, 6.07) is 76.6. The third-order valence-electron chi connectivity index (χ3n) is 11.2. The number of nitrogens with zero attached hydrogens (tertiary/aromatic N) is 1. The molecule has 0 spiro atoms. The zero-order valence-electron chi connectivity index (χ0n) is 30.6. The van der Waals surface area contributed by atoms with Crippen molar-refractivity contribution in [3.05, 3.63) is 212 Å². The van der Waals surface area contributed by atoms with Crippen molar-refractivity contribution < 1.29 is 4.42 Å². The van der Waals surface area contributed by atoms with E-state index in [0.717, 1.165) is 44.7 Å². The highest BCUT2D eigenvalue weighted by Crippen LogP contribution is 2.44. The molecule has 0 atom stereocenters. The van der Waals surface area contributed by atoms with E-state index in [1.165, 1.54) is 60.0 Å². The van der Waals surface area contributed by atoms with Crippen molar-refractivity contribution in [2.24, 2.45) is 0 Å². The van der Waals surface area contributed by atoms with E-state index in [9.17, 15) is 0 Å². The number of anilines is 3. The van der Waals surface area contributed by atoms with Crippen LogP contribution in [0, 0.1) is 0 Å². The first-order valence-corrected chi connectivity index (χ1v) is 19.2. The van der Waals surface area contributed by atoms with Gasteiger partial charge in [-0.3, -0.25) is 0 Å². The quantitative estimate of drug-likeness (QED) is 0.171. The van der Waals surface area contributed by atoms with Gasteiger partial charge in [-0.05, 0) is 127 Å². The second-order valence-electron chi connectivity index (χ2n) is 14.5. The average molecular weight is 714 g/mol. The summed E-state index contributed by atoms with van der Waals surface area (Å²) < 4.78 is 6.44. The molecular formula is C54H35NO. The molecule has 1 heterocycles. The monoisotopic (exact) mass is 713 g/mol. The highest BCUT2D eigenvalue weighted by Gasteiger charge is 2.19. The standard InChI is InChI=1S/C54H35NO/c1-3-11-36(12-4-1)42-21-19-38-20-22-44(32-45(38)31-42)50-33-40-14-7-8-15-41(40)34-51(50)55(46-16-5-2-6-17-46)47-27-23-37(24-28-47)43-25-29-49-53(35-43)56-52-30-26-39-13-9-10-18-48(39)54(49)52/h1-35H. The molecule has 0 aliphatic carbocycles. The minimum atomic E-state index is 0.899. The molecule has 56 heavy (non-hydrogen) atoms. The number of benzene rings is 10. The number of para-hydroxylation sites is 1. The van der Waals surface area contributed by atoms with Gasteiger partial charge in [0.1, 0.15) is 11.2 Å². The maximum absolute atomic E-state index is 6.44. The smallest absolute Gasteiger partial charge is 0.136 e. The van der Waals surface area contributed by atoms with E-state index < -0.39 is 0 Å². The first-order valence-electron chi connectivity index (χ1n) is 19.2. The van der Waals surface area contributed by atoms with E-state index in [1.807, 2.05) is 0 Å². The van der Waals surface area contributed by atoms with Gasteiger partial charge in [0, 0.05) is 27.7 Å². The van der Waals surface area contributed by atoms with Gasteiger partial charge >= 0.3 is 0 Å². The van der Waals surface area contributed by atoms with Crippen LogP contribution in [0.25, 0.3) is 87.6 Å². The molecule has 0 amide bonds. The van der Waals surface area contributed by atoms with E-state index in [4.69, 9.17) is 4.42 Å². The van der Waals surface area contributed by atoms with Crippen LogP contribution in [0.3, 0.4) is 0 Å². The van der Waals surface area contributed by atoms with Crippen molar-refractivity contribution >= 4 is 71.3 Å². The summed E-state index contributed by atoms with van der Waals surface area (Å²) in [5.41, 5.74) is 12.2. The van der Waals surface area contributed by atoms with Gasteiger partial charge in [-0.15, -0.1) is 0 Å². The molecule has 11 aromatic rings. The molecule has 1 aromatic heterocycles. The lowest BCUT2D eigenvalue weighted by Gasteiger charge is -2.28. The number of hydrogen-bond donors (Lipinski definition) is 0. The van der Waals surface area contributed by atoms with E-state index in [1.54, 1.807) is 0 Å². The fourth-order valence-electron chi connectivity index (χ4n) is 8.40. The maximum atomic E-state index is 6.44. The normalized spacial score (nSPS) is 11.6. The third-order valence-corrected chi connectivity index (χ3v) is 11.2. The summed E-state index contributed by atoms with van der Waals surface area (Å²) in [6.45, 7) is 0. The zero-order valence-corrected chi connectivity index (χ0v) is 30.6. The molecule has 0 unspecified atom stereocenters. The van der Waals surface area contributed by atoms with E-state index in [2.05, 4.69) is 217 Å². The molecule has 0 aliphatic rings. The molecule has 0 fully saturated rings. The van der Waals surface area contributed by atoms with Gasteiger partial charge < -0.3 is 9.32 Å². The van der Waals surface area contributed by atoms with Gasteiger partial charge in [-0.25, -0.2) is 0 Å². The van der Waals surface area contributed by atoms with E-state index in [-0.39, 0.29) is 0 Å². The Morgan fingerprint density at radius 2 is 0.875 bits per heavy atom. The minimum absolute atomic E-state index is 0.899. The Hall–Kier alpha value is -7.42. The molecule has 0 saturated carbocycles. The zero-order chi connectivity index (χ0) is 37.0. The van der Waals surface area contributed by atoms with Gasteiger partial charge in [0.2, 0.25) is 0 Å². The molecule has 0 bridgehead atoms. The van der Waals surface area contributed by atoms with Gasteiger partial charge in [-0.2, -0.15) is 0 Å². The number of furan rings is 1. The Kier molecular flexibility index (Phi) is 7.53. The Labute approximate surface area is 325 Å². The van der Waals surface area contributed by atoms with Crippen molar-refractivity contribution in [1.82, 2.24) is 0 Å². The first-order chi connectivity index (χ1) is 27.7. The van der Waals surface area contributed by atoms with Crippen molar-refractivity contribution in [3.8, 4) is 33.4 Å². The lowest BCUT2D eigenvalue weighted by molar-refractivity contribution is 0.669. The van der Waals surface area contributed by atoms with Crippen LogP contribution in [0.4, 0.5) is 17.1 Å². The molecule has 0 saturated heterocycles. The SMILES string of the molecule is c1ccc(-c2ccc3ccc(-c4cc5ccccc5cc4N(c4ccccc4)c4ccc(-c5ccc6c(c5)oc5ccc7ccccc7c56)cc4)cc3c2)cc1. The van der Waals surface area contributed by atoms with Crippen LogP contribution in [0.15, 0.2) is 217 Å². The number of hydrogen-bond acceptors (Lipinski definition) is 2. The maximum Gasteiger partial charge on any atom is 0.136 e. The first kappa shape index (κ1) is 32.0. The van der Waals surface area contributed by atoms with Crippen LogP contribution in [0.2, 0.25) is 0 Å². The average Bonchev–Trinajstić information content (AvgIpc) is 3.65. The summed E-state index contributed by atoms with van der Waals surface area (Å²) in [5.74, 6) is 0. The van der Waals surface area contributed by atoms with Crippen molar-refractivity contribution in [3.63, 3.8) is 0 Å². The van der Waals surface area contributed by atoms with Gasteiger partial charge in [0.25, 0.3) is 0 Å². The fourth-order valence-corrected chi connectivity index (χ4v) is 8.40. The van der Waals surface area contributed by atoms with Gasteiger partial charge in [-0.1, -0.05) is 146 Å². The molecule has 0 radical (unpaired) electrons. The second-order valence-corrected chi connectivity index (χ2v) is 14.5. The predicted molar refractivity (Wildman–Crippen MR) is 237 cm³/mol. The molecule has 10 aromatic carbocycles. The van der Waals surface area contributed by atoms with Crippen molar-refractivity contribution in [2.45, 2.75) is 0 Å². The molecule has 2 heteroatoms. The highest BCUT2D eigenvalue weighted by molar-refractivity contribution is 6.19. The van der Waals surface area contributed by atoms with Crippen LogP contribution >= 0.6 is 0 Å². The molecule has 0 aliphatic heterocycles. The second kappa shape index (κ2) is 13.2. The summed E-state index contributed by atoms with van der Waals surface area (Å²) in [7, 11) is 0. The lowest BCUT2D eigenvalue weighted by atomic mass is 9.94. The summed E-state index contributed by atoms with van der Waals surface area (Å²) in [4.78, 5) is 2.39. The minimum Gasteiger partial charge on any atom is -0.456 e. The fraction of sp³-hybridized carbons (Fsp3) is 0. The largest absolute Gasteiger partial charge is 0.456 e. The van der Waals surface area contributed by atoms with E-state index in [0.29, 0.717) is 0 Å². The Bertz CT molecular complexity index is 3230. The summed E-state index contributed by atoms with van der Waals surface area (Å²) in [5, 5.41) is 9.60. The van der Waals surface area contributed by atoms with Crippen LogP contribution in [-0.4, -0.2) is 0 Å². The van der Waals surface area contributed by atoms with Crippen molar-refractivity contribution in [1.29, 1.82) is 0 Å². The van der Waals surface area contributed by atoms with Crippen LogP contribution in [0.1, 0.15) is 0 Å². The topological polar surface area (TPSA) is 16.4 Å². The predicted octanol–water partition coefficient (Wildman–Crippen LogP) is 15.5. The molecule has 262 valence electrons. The molecule has 11 rings (SSSR count). The Balaban J connectivity index is 1.04. The highest BCUT2D eigenvalue weighted by atomic mass is 16.3.